The fourth-order valence-corrected chi connectivity index (χ4v) is 2.01. The van der Waals surface area contributed by atoms with E-state index < -0.39 is 11.7 Å². The maximum Gasteiger partial charge on any atom is 0.408 e. The van der Waals surface area contributed by atoms with E-state index in [1.807, 2.05) is 12.1 Å². The highest BCUT2D eigenvalue weighted by molar-refractivity contribution is 14.1. The van der Waals surface area contributed by atoms with Crippen LogP contribution in [0.5, 0.6) is 0 Å². The summed E-state index contributed by atoms with van der Waals surface area (Å²) in [6.45, 7) is 5.14. The number of nitrogens with one attached hydrogen (secondary N) is 2. The van der Waals surface area contributed by atoms with Crippen molar-refractivity contribution in [3.8, 4) is 0 Å². The Labute approximate surface area is 140 Å². The van der Waals surface area contributed by atoms with Gasteiger partial charge in [-0.3, -0.25) is 4.79 Å². The van der Waals surface area contributed by atoms with Gasteiger partial charge < -0.3 is 15.4 Å². The molecule has 5 nitrogen and oxygen atoms in total. The van der Waals surface area contributed by atoms with Crippen molar-refractivity contribution < 1.29 is 14.3 Å². The second kappa shape index (κ2) is 7.26. The smallest absolute Gasteiger partial charge is 0.408 e. The van der Waals surface area contributed by atoms with Crippen molar-refractivity contribution in [1.82, 2.24) is 5.32 Å². The number of carbonyl (C=O) groups is 2. The standard InChI is InChI=1S/C13H16BrIN2O3/c1-13(2,3)20-12(19)16-7-11(18)17-8-4-5-9(14)10(15)6-8/h4-6H,7H2,1-3H3,(H,16,19)(H,17,18). The van der Waals surface area contributed by atoms with Crippen LogP contribution >= 0.6 is 38.5 Å². The van der Waals surface area contributed by atoms with Crippen LogP contribution in [0.1, 0.15) is 20.8 Å². The second-order valence-electron chi connectivity index (χ2n) is 5.03. The molecule has 0 aromatic heterocycles. The van der Waals surface area contributed by atoms with Gasteiger partial charge in [-0.05, 0) is 77.5 Å². The van der Waals surface area contributed by atoms with Gasteiger partial charge in [-0.2, -0.15) is 0 Å². The summed E-state index contributed by atoms with van der Waals surface area (Å²) in [7, 11) is 0. The minimum absolute atomic E-state index is 0.137. The topological polar surface area (TPSA) is 67.4 Å². The molecule has 1 aromatic carbocycles. The van der Waals surface area contributed by atoms with Gasteiger partial charge in [0.2, 0.25) is 5.91 Å². The SMILES string of the molecule is CC(C)(C)OC(=O)NCC(=O)Nc1ccc(Br)c(I)c1. The molecule has 0 atom stereocenters. The van der Waals surface area contributed by atoms with Crippen molar-refractivity contribution >= 4 is 56.2 Å². The lowest BCUT2D eigenvalue weighted by atomic mass is 10.2. The summed E-state index contributed by atoms with van der Waals surface area (Å²) < 4.78 is 6.98. The molecule has 1 rings (SSSR count). The predicted octanol–water partition coefficient (Wildman–Crippen LogP) is 3.52. The Hall–Kier alpha value is -0.830. The Morgan fingerprint density at radius 3 is 2.55 bits per heavy atom. The van der Waals surface area contributed by atoms with Crippen LogP contribution in [0.2, 0.25) is 0 Å². The molecule has 110 valence electrons. The van der Waals surface area contributed by atoms with Crippen molar-refractivity contribution in [3.05, 3.63) is 26.2 Å². The first-order valence-corrected chi connectivity index (χ1v) is 7.76. The summed E-state index contributed by atoms with van der Waals surface area (Å²) in [5.41, 5.74) is 0.0936. The third kappa shape index (κ3) is 6.56. The summed E-state index contributed by atoms with van der Waals surface area (Å²) in [6.07, 6.45) is -0.613. The molecule has 0 fully saturated rings. The number of rotatable bonds is 3. The molecule has 1 aromatic rings. The highest BCUT2D eigenvalue weighted by Gasteiger charge is 2.16. The van der Waals surface area contributed by atoms with Gasteiger partial charge in [0.25, 0.3) is 0 Å². The number of hydrogen-bond acceptors (Lipinski definition) is 3. The highest BCUT2D eigenvalue weighted by Crippen LogP contribution is 2.22. The zero-order valence-corrected chi connectivity index (χ0v) is 15.2. The molecule has 20 heavy (non-hydrogen) atoms. The number of carbonyl (C=O) groups excluding carboxylic acids is 2. The molecule has 7 heteroatoms. The van der Waals surface area contributed by atoms with Gasteiger partial charge in [-0.25, -0.2) is 4.79 Å². The molecular weight excluding hydrogens is 439 g/mol. The minimum Gasteiger partial charge on any atom is -0.444 e. The van der Waals surface area contributed by atoms with E-state index in [-0.39, 0.29) is 12.5 Å². The largest absolute Gasteiger partial charge is 0.444 e. The Bertz CT molecular complexity index is 515. The number of hydrogen-bond donors (Lipinski definition) is 2. The first-order valence-electron chi connectivity index (χ1n) is 5.89. The molecule has 0 saturated heterocycles. The Morgan fingerprint density at radius 1 is 1.35 bits per heavy atom. The van der Waals surface area contributed by atoms with E-state index in [2.05, 4.69) is 49.2 Å². The van der Waals surface area contributed by atoms with Crippen LogP contribution in [-0.2, 0) is 9.53 Å². The van der Waals surface area contributed by atoms with Crippen molar-refractivity contribution in [2.45, 2.75) is 26.4 Å². The molecule has 0 bridgehead atoms. The van der Waals surface area contributed by atoms with Crippen LogP contribution in [0.25, 0.3) is 0 Å². The Kier molecular flexibility index (Phi) is 6.25. The average Bonchev–Trinajstić information content (AvgIpc) is 2.29. The van der Waals surface area contributed by atoms with Gasteiger partial charge in [0.05, 0.1) is 0 Å². The minimum atomic E-state index is -0.613. The maximum absolute atomic E-state index is 11.7. The van der Waals surface area contributed by atoms with Crippen LogP contribution in [0.15, 0.2) is 22.7 Å². The predicted molar refractivity (Wildman–Crippen MR) is 89.7 cm³/mol. The summed E-state index contributed by atoms with van der Waals surface area (Å²) in [4.78, 5) is 23.1. The third-order valence-electron chi connectivity index (χ3n) is 2.00. The van der Waals surface area contributed by atoms with E-state index in [1.165, 1.54) is 0 Å². The van der Waals surface area contributed by atoms with E-state index in [0.29, 0.717) is 5.69 Å². The quantitative estimate of drug-likeness (QED) is 0.686. The lowest BCUT2D eigenvalue weighted by molar-refractivity contribution is -0.115. The van der Waals surface area contributed by atoms with Crippen molar-refractivity contribution in [3.63, 3.8) is 0 Å². The third-order valence-corrected chi connectivity index (χ3v) is 4.32. The molecular formula is C13H16BrIN2O3. The molecule has 0 aliphatic rings. The molecule has 0 spiro atoms. The van der Waals surface area contributed by atoms with Gasteiger partial charge in [0.15, 0.2) is 0 Å². The second-order valence-corrected chi connectivity index (χ2v) is 7.05. The number of halogens is 2. The number of anilines is 1. The summed E-state index contributed by atoms with van der Waals surface area (Å²) in [5, 5.41) is 5.09. The molecule has 2 amide bonds. The number of amides is 2. The van der Waals surface area contributed by atoms with Gasteiger partial charge in [0.1, 0.15) is 12.1 Å². The fourth-order valence-electron chi connectivity index (χ4n) is 1.25. The van der Waals surface area contributed by atoms with E-state index in [4.69, 9.17) is 4.74 Å². The van der Waals surface area contributed by atoms with Crippen molar-refractivity contribution in [2.75, 3.05) is 11.9 Å². The van der Waals surface area contributed by atoms with Gasteiger partial charge in [-0.1, -0.05) is 0 Å². The number of ether oxygens (including phenoxy) is 1. The number of benzene rings is 1. The van der Waals surface area contributed by atoms with E-state index in [9.17, 15) is 9.59 Å². The van der Waals surface area contributed by atoms with Gasteiger partial charge in [-0.15, -0.1) is 0 Å². The maximum atomic E-state index is 11.7. The molecule has 2 N–H and O–H groups in total. The molecule has 0 saturated carbocycles. The normalized spacial score (nSPS) is 10.8. The lowest BCUT2D eigenvalue weighted by Gasteiger charge is -2.19. The summed E-state index contributed by atoms with van der Waals surface area (Å²) in [5.74, 6) is -0.311. The lowest BCUT2D eigenvalue weighted by Crippen LogP contribution is -2.37. The van der Waals surface area contributed by atoms with Gasteiger partial charge >= 0.3 is 6.09 Å². The van der Waals surface area contributed by atoms with Gasteiger partial charge in [0, 0.05) is 13.7 Å². The van der Waals surface area contributed by atoms with Crippen molar-refractivity contribution in [2.24, 2.45) is 0 Å². The number of alkyl carbamates (subject to hydrolysis) is 1. The van der Waals surface area contributed by atoms with E-state index >= 15 is 0 Å². The van der Waals surface area contributed by atoms with Crippen LogP contribution in [0.3, 0.4) is 0 Å². The Morgan fingerprint density at radius 2 is 2.00 bits per heavy atom. The highest BCUT2D eigenvalue weighted by atomic mass is 127. The van der Waals surface area contributed by atoms with E-state index in [0.717, 1.165) is 8.04 Å². The zero-order chi connectivity index (χ0) is 15.3. The Balaban J connectivity index is 2.44. The van der Waals surface area contributed by atoms with Crippen LogP contribution < -0.4 is 10.6 Å². The summed E-state index contributed by atoms with van der Waals surface area (Å²) in [6, 6.07) is 5.45. The first kappa shape index (κ1) is 17.2. The van der Waals surface area contributed by atoms with E-state index in [1.54, 1.807) is 26.8 Å². The molecule has 0 unspecified atom stereocenters. The van der Waals surface area contributed by atoms with Crippen molar-refractivity contribution in [1.29, 1.82) is 0 Å². The molecule has 0 radical (unpaired) electrons. The molecule has 0 aliphatic carbocycles. The molecule has 0 heterocycles. The monoisotopic (exact) mass is 454 g/mol. The first-order chi connectivity index (χ1) is 9.17. The van der Waals surface area contributed by atoms with Crippen LogP contribution in [-0.4, -0.2) is 24.1 Å². The summed E-state index contributed by atoms with van der Waals surface area (Å²) >= 11 is 5.53. The van der Waals surface area contributed by atoms with Crippen LogP contribution in [0, 0.1) is 3.57 Å². The average molecular weight is 455 g/mol. The molecule has 0 aliphatic heterocycles. The zero-order valence-electron chi connectivity index (χ0n) is 11.4. The fraction of sp³-hybridized carbons (Fsp3) is 0.385. The van der Waals surface area contributed by atoms with Crippen LogP contribution in [0.4, 0.5) is 10.5 Å².